The monoisotopic (exact) mass is 278 g/mol. The minimum atomic E-state index is -4.47. The average Bonchev–Trinajstić information content (AvgIpc) is 2.80. The summed E-state index contributed by atoms with van der Waals surface area (Å²) in [5.74, 6) is 0.581. The SMILES string of the molecule is Cc1cccnc1-n1cc2cnc(C(F)(F)F)cc2n1. The van der Waals surface area contributed by atoms with Crippen molar-refractivity contribution in [3.05, 3.63) is 48.0 Å². The fourth-order valence-electron chi connectivity index (χ4n) is 1.90. The summed E-state index contributed by atoms with van der Waals surface area (Å²) in [6, 6.07) is 4.57. The van der Waals surface area contributed by atoms with Crippen LogP contribution in [0.25, 0.3) is 16.7 Å². The summed E-state index contributed by atoms with van der Waals surface area (Å²) in [5, 5.41) is 4.66. The molecule has 0 unspecified atom stereocenters. The van der Waals surface area contributed by atoms with E-state index < -0.39 is 11.9 Å². The van der Waals surface area contributed by atoms with Gasteiger partial charge in [-0.1, -0.05) is 6.07 Å². The van der Waals surface area contributed by atoms with Crippen molar-refractivity contribution in [2.24, 2.45) is 0 Å². The van der Waals surface area contributed by atoms with Gasteiger partial charge in [-0.25, -0.2) is 9.67 Å². The Morgan fingerprint density at radius 1 is 1.20 bits per heavy atom. The highest BCUT2D eigenvalue weighted by Gasteiger charge is 2.32. The zero-order chi connectivity index (χ0) is 14.3. The third-order valence-corrected chi connectivity index (χ3v) is 2.88. The van der Waals surface area contributed by atoms with Crippen LogP contribution in [0.1, 0.15) is 11.3 Å². The van der Waals surface area contributed by atoms with E-state index in [-0.39, 0.29) is 5.52 Å². The topological polar surface area (TPSA) is 43.6 Å². The summed E-state index contributed by atoms with van der Waals surface area (Å²) in [7, 11) is 0. The van der Waals surface area contributed by atoms with E-state index in [1.807, 2.05) is 13.0 Å². The van der Waals surface area contributed by atoms with E-state index in [0.717, 1.165) is 11.6 Å². The molecular formula is C13H9F3N4. The van der Waals surface area contributed by atoms with Gasteiger partial charge in [-0.2, -0.15) is 18.3 Å². The molecule has 0 aromatic carbocycles. The standard InChI is InChI=1S/C13H9F3N4/c1-8-3-2-4-17-12(8)20-7-9-6-18-11(13(14,15)16)5-10(9)19-20/h2-7H,1H3. The maximum Gasteiger partial charge on any atom is 0.433 e. The summed E-state index contributed by atoms with van der Waals surface area (Å²) in [6.45, 7) is 1.86. The van der Waals surface area contributed by atoms with E-state index in [1.165, 1.54) is 10.9 Å². The first kappa shape index (κ1) is 12.6. The van der Waals surface area contributed by atoms with Crippen LogP contribution in [0.4, 0.5) is 13.2 Å². The molecule has 3 rings (SSSR count). The van der Waals surface area contributed by atoms with Gasteiger partial charge in [0.05, 0.1) is 5.52 Å². The molecule has 0 aliphatic heterocycles. The van der Waals surface area contributed by atoms with Gasteiger partial charge in [0.15, 0.2) is 5.82 Å². The molecule has 0 radical (unpaired) electrons. The van der Waals surface area contributed by atoms with Gasteiger partial charge in [0.1, 0.15) is 5.69 Å². The van der Waals surface area contributed by atoms with Crippen molar-refractivity contribution in [1.29, 1.82) is 0 Å². The number of hydrogen-bond donors (Lipinski definition) is 0. The molecule has 3 aromatic heterocycles. The van der Waals surface area contributed by atoms with Crippen LogP contribution in [0.2, 0.25) is 0 Å². The molecule has 0 saturated heterocycles. The second-order valence-corrected chi connectivity index (χ2v) is 4.34. The second kappa shape index (κ2) is 4.29. The molecule has 4 nitrogen and oxygen atoms in total. The summed E-state index contributed by atoms with van der Waals surface area (Å²) in [6.07, 6.45) is -0.0926. The molecule has 0 aliphatic rings. The first-order valence-corrected chi connectivity index (χ1v) is 5.80. The smallest absolute Gasteiger partial charge is 0.251 e. The van der Waals surface area contributed by atoms with Crippen LogP contribution in [-0.4, -0.2) is 19.7 Å². The number of halogens is 3. The van der Waals surface area contributed by atoms with E-state index in [9.17, 15) is 13.2 Å². The van der Waals surface area contributed by atoms with Crippen LogP contribution in [0.3, 0.4) is 0 Å². The van der Waals surface area contributed by atoms with Crippen LogP contribution in [-0.2, 0) is 6.18 Å². The highest BCUT2D eigenvalue weighted by atomic mass is 19.4. The van der Waals surface area contributed by atoms with Crippen molar-refractivity contribution in [1.82, 2.24) is 19.7 Å². The van der Waals surface area contributed by atoms with Gasteiger partial charge in [-0.15, -0.1) is 0 Å². The zero-order valence-corrected chi connectivity index (χ0v) is 10.4. The van der Waals surface area contributed by atoms with Crippen molar-refractivity contribution in [2.45, 2.75) is 13.1 Å². The predicted octanol–water partition coefficient (Wildman–Crippen LogP) is 3.14. The van der Waals surface area contributed by atoms with Gasteiger partial charge < -0.3 is 0 Å². The van der Waals surface area contributed by atoms with E-state index >= 15 is 0 Å². The third kappa shape index (κ3) is 2.11. The van der Waals surface area contributed by atoms with Crippen LogP contribution >= 0.6 is 0 Å². The highest BCUT2D eigenvalue weighted by Crippen LogP contribution is 2.29. The Hall–Kier alpha value is -2.44. The molecule has 0 aliphatic carbocycles. The second-order valence-electron chi connectivity index (χ2n) is 4.34. The maximum absolute atomic E-state index is 12.6. The molecule has 0 spiro atoms. The largest absolute Gasteiger partial charge is 0.433 e. The Morgan fingerprint density at radius 3 is 2.70 bits per heavy atom. The van der Waals surface area contributed by atoms with Crippen LogP contribution < -0.4 is 0 Å². The zero-order valence-electron chi connectivity index (χ0n) is 10.4. The van der Waals surface area contributed by atoms with Crippen molar-refractivity contribution in [3.8, 4) is 5.82 Å². The number of aryl methyl sites for hydroxylation is 1. The lowest BCUT2D eigenvalue weighted by molar-refractivity contribution is -0.141. The molecule has 7 heteroatoms. The molecule has 102 valence electrons. The fraction of sp³-hybridized carbons (Fsp3) is 0.154. The number of aromatic nitrogens is 4. The lowest BCUT2D eigenvalue weighted by Gasteiger charge is -2.03. The maximum atomic E-state index is 12.6. The van der Waals surface area contributed by atoms with Gasteiger partial charge in [0.25, 0.3) is 0 Å². The van der Waals surface area contributed by atoms with Gasteiger partial charge in [0, 0.05) is 24.0 Å². The number of alkyl halides is 3. The Morgan fingerprint density at radius 2 is 2.00 bits per heavy atom. The highest BCUT2D eigenvalue weighted by molar-refractivity contribution is 5.78. The molecule has 3 heterocycles. The quantitative estimate of drug-likeness (QED) is 0.686. The van der Waals surface area contributed by atoms with Gasteiger partial charge in [-0.3, -0.25) is 4.98 Å². The average molecular weight is 278 g/mol. The molecular weight excluding hydrogens is 269 g/mol. The van der Waals surface area contributed by atoms with Crippen molar-refractivity contribution >= 4 is 10.9 Å². The Balaban J connectivity index is 2.14. The first-order chi connectivity index (χ1) is 9.45. The lowest BCUT2D eigenvalue weighted by atomic mass is 10.3. The molecule has 0 amide bonds. The van der Waals surface area contributed by atoms with E-state index in [2.05, 4.69) is 15.1 Å². The Labute approximate surface area is 111 Å². The van der Waals surface area contributed by atoms with Crippen LogP contribution in [0.15, 0.2) is 36.8 Å². The third-order valence-electron chi connectivity index (χ3n) is 2.88. The minimum absolute atomic E-state index is 0.234. The molecule has 0 fully saturated rings. The normalized spacial score (nSPS) is 12.0. The summed E-state index contributed by atoms with van der Waals surface area (Å²) < 4.78 is 39.3. The fourth-order valence-corrected chi connectivity index (χ4v) is 1.90. The van der Waals surface area contributed by atoms with Gasteiger partial charge in [-0.05, 0) is 24.6 Å². The number of hydrogen-bond acceptors (Lipinski definition) is 3. The predicted molar refractivity (Wildman–Crippen MR) is 66.4 cm³/mol. The van der Waals surface area contributed by atoms with E-state index in [4.69, 9.17) is 0 Å². The summed E-state index contributed by atoms with van der Waals surface area (Å²) in [5.41, 5.74) is 0.162. The molecule has 0 saturated carbocycles. The first-order valence-electron chi connectivity index (χ1n) is 5.80. The lowest BCUT2D eigenvalue weighted by Crippen LogP contribution is -2.07. The molecule has 3 aromatic rings. The molecule has 20 heavy (non-hydrogen) atoms. The Kier molecular flexibility index (Phi) is 2.70. The number of fused-ring (bicyclic) bond motifs is 1. The number of pyridine rings is 2. The molecule has 0 bridgehead atoms. The van der Waals surface area contributed by atoms with Crippen molar-refractivity contribution < 1.29 is 13.2 Å². The number of rotatable bonds is 1. The summed E-state index contributed by atoms with van der Waals surface area (Å²) >= 11 is 0. The molecule has 0 N–H and O–H groups in total. The Bertz CT molecular complexity index is 777. The van der Waals surface area contributed by atoms with Crippen LogP contribution in [0.5, 0.6) is 0 Å². The van der Waals surface area contributed by atoms with E-state index in [0.29, 0.717) is 11.2 Å². The summed E-state index contributed by atoms with van der Waals surface area (Å²) in [4.78, 5) is 7.58. The van der Waals surface area contributed by atoms with Crippen molar-refractivity contribution in [3.63, 3.8) is 0 Å². The van der Waals surface area contributed by atoms with Gasteiger partial charge >= 0.3 is 6.18 Å². The van der Waals surface area contributed by atoms with E-state index in [1.54, 1.807) is 18.5 Å². The number of nitrogens with zero attached hydrogens (tertiary/aromatic N) is 4. The minimum Gasteiger partial charge on any atom is -0.251 e. The van der Waals surface area contributed by atoms with Crippen LogP contribution in [0, 0.1) is 6.92 Å². The molecule has 0 atom stereocenters. The van der Waals surface area contributed by atoms with Gasteiger partial charge in [0.2, 0.25) is 0 Å². The van der Waals surface area contributed by atoms with Crippen molar-refractivity contribution in [2.75, 3.05) is 0 Å².